The van der Waals surface area contributed by atoms with E-state index in [1.807, 2.05) is 12.1 Å². The summed E-state index contributed by atoms with van der Waals surface area (Å²) in [6.45, 7) is 4.56. The lowest BCUT2D eigenvalue weighted by molar-refractivity contribution is -0.123. The number of amides is 1. The minimum Gasteiger partial charge on any atom is -0.390 e. The van der Waals surface area contributed by atoms with Crippen LogP contribution in [0.3, 0.4) is 0 Å². The van der Waals surface area contributed by atoms with Gasteiger partial charge >= 0.3 is 0 Å². The van der Waals surface area contributed by atoms with Crippen molar-refractivity contribution in [3.05, 3.63) is 29.6 Å². The minimum atomic E-state index is -0.0720. The smallest absolute Gasteiger partial charge is 0.223 e. The number of aliphatic hydroxyl groups is 1. The van der Waals surface area contributed by atoms with Crippen LogP contribution >= 0.6 is 0 Å². The van der Waals surface area contributed by atoms with Gasteiger partial charge in [0.15, 0.2) is 0 Å². The predicted octanol–water partition coefficient (Wildman–Crippen LogP) is 1.24. The van der Waals surface area contributed by atoms with E-state index >= 15 is 0 Å². The molecule has 4 heteroatoms. The van der Waals surface area contributed by atoms with Crippen LogP contribution in [0, 0.1) is 11.3 Å². The Hall–Kier alpha value is -1.42. The number of aliphatic hydroxyl groups excluding tert-OH is 1. The Morgan fingerprint density at radius 2 is 2.18 bits per heavy atom. The Morgan fingerprint density at radius 3 is 2.76 bits per heavy atom. The maximum absolute atomic E-state index is 11.8. The van der Waals surface area contributed by atoms with Crippen molar-refractivity contribution in [2.75, 3.05) is 0 Å². The highest BCUT2D eigenvalue weighted by molar-refractivity contribution is 5.82. The molecule has 1 aliphatic carbocycles. The van der Waals surface area contributed by atoms with E-state index in [1.165, 1.54) is 0 Å². The summed E-state index contributed by atoms with van der Waals surface area (Å²) in [7, 11) is 0. The molecule has 2 N–H and O–H groups in total. The lowest BCUT2D eigenvalue weighted by atomic mass is 10.1. The fraction of sp³-hybridized carbons (Fsp3) is 0.538. The Labute approximate surface area is 101 Å². The molecule has 1 saturated carbocycles. The fourth-order valence-electron chi connectivity index (χ4n) is 1.93. The van der Waals surface area contributed by atoms with Gasteiger partial charge in [-0.2, -0.15) is 0 Å². The van der Waals surface area contributed by atoms with Crippen LogP contribution in [0.5, 0.6) is 0 Å². The van der Waals surface area contributed by atoms with Crippen LogP contribution in [0.25, 0.3) is 0 Å². The van der Waals surface area contributed by atoms with Gasteiger partial charge in [-0.3, -0.25) is 9.78 Å². The molecule has 17 heavy (non-hydrogen) atoms. The zero-order valence-corrected chi connectivity index (χ0v) is 10.2. The van der Waals surface area contributed by atoms with Gasteiger partial charge in [-0.15, -0.1) is 0 Å². The molecule has 1 aromatic rings. The third kappa shape index (κ3) is 2.82. The first-order chi connectivity index (χ1) is 8.03. The number of nitrogens with zero attached hydrogens (tertiary/aromatic N) is 1. The van der Waals surface area contributed by atoms with E-state index < -0.39 is 0 Å². The fourth-order valence-corrected chi connectivity index (χ4v) is 1.93. The number of carbonyl (C=O) groups is 1. The first-order valence-electron chi connectivity index (χ1n) is 5.86. The largest absolute Gasteiger partial charge is 0.390 e. The van der Waals surface area contributed by atoms with Crippen molar-refractivity contribution in [3.63, 3.8) is 0 Å². The molecule has 4 nitrogen and oxygen atoms in total. The maximum Gasteiger partial charge on any atom is 0.223 e. The van der Waals surface area contributed by atoms with Gasteiger partial charge in [0, 0.05) is 5.92 Å². The van der Waals surface area contributed by atoms with E-state index in [-0.39, 0.29) is 23.8 Å². The van der Waals surface area contributed by atoms with Crippen LogP contribution in [-0.2, 0) is 17.9 Å². The molecule has 1 aliphatic rings. The third-order valence-electron chi connectivity index (χ3n) is 3.30. The highest BCUT2D eigenvalue weighted by Crippen LogP contribution is 2.51. The normalized spacial score (nSPS) is 21.0. The molecular formula is C13H18N2O2. The van der Waals surface area contributed by atoms with Crippen LogP contribution < -0.4 is 5.32 Å². The molecule has 92 valence electrons. The van der Waals surface area contributed by atoms with Gasteiger partial charge in [0.2, 0.25) is 5.91 Å². The Kier molecular flexibility index (Phi) is 3.15. The molecule has 1 aromatic heterocycles. The van der Waals surface area contributed by atoms with Crippen molar-refractivity contribution in [2.24, 2.45) is 11.3 Å². The lowest BCUT2D eigenvalue weighted by Crippen LogP contribution is -2.26. The second kappa shape index (κ2) is 4.45. The summed E-state index contributed by atoms with van der Waals surface area (Å²) in [5, 5.41) is 11.8. The first-order valence-corrected chi connectivity index (χ1v) is 5.86. The minimum absolute atomic E-state index is 0.0720. The van der Waals surface area contributed by atoms with Gasteiger partial charge in [-0.05, 0) is 24.0 Å². The summed E-state index contributed by atoms with van der Waals surface area (Å²) in [6.07, 6.45) is 0.961. The van der Waals surface area contributed by atoms with E-state index in [0.717, 1.165) is 12.1 Å². The summed E-state index contributed by atoms with van der Waals surface area (Å²) in [5.41, 5.74) is 1.57. The zero-order valence-electron chi connectivity index (χ0n) is 10.2. The van der Waals surface area contributed by atoms with E-state index in [4.69, 9.17) is 5.11 Å². The van der Waals surface area contributed by atoms with Crippen LogP contribution in [0.1, 0.15) is 31.7 Å². The first kappa shape index (κ1) is 12.0. The number of aromatic nitrogens is 1. The summed E-state index contributed by atoms with van der Waals surface area (Å²) >= 11 is 0. The summed E-state index contributed by atoms with van der Waals surface area (Å²) in [5.74, 6) is 0.245. The summed E-state index contributed by atoms with van der Waals surface area (Å²) in [4.78, 5) is 16.0. The van der Waals surface area contributed by atoms with Crippen molar-refractivity contribution in [2.45, 2.75) is 33.4 Å². The van der Waals surface area contributed by atoms with Gasteiger partial charge in [0.1, 0.15) is 0 Å². The molecule has 0 unspecified atom stereocenters. The Morgan fingerprint density at radius 1 is 1.53 bits per heavy atom. The number of pyridine rings is 1. The molecule has 0 bridgehead atoms. The van der Waals surface area contributed by atoms with Crippen molar-refractivity contribution in [1.29, 1.82) is 0 Å². The van der Waals surface area contributed by atoms with E-state index in [2.05, 4.69) is 24.1 Å². The van der Waals surface area contributed by atoms with E-state index in [0.29, 0.717) is 12.2 Å². The highest BCUT2D eigenvalue weighted by atomic mass is 16.3. The maximum atomic E-state index is 11.8. The quantitative estimate of drug-likeness (QED) is 0.823. The second-order valence-electron chi connectivity index (χ2n) is 5.24. The molecular weight excluding hydrogens is 216 g/mol. The number of carbonyl (C=O) groups excluding carboxylic acids is 1. The highest BCUT2D eigenvalue weighted by Gasteiger charge is 2.50. The molecule has 0 saturated heterocycles. The molecule has 0 aromatic carbocycles. The van der Waals surface area contributed by atoms with Gasteiger partial charge in [-0.1, -0.05) is 19.9 Å². The van der Waals surface area contributed by atoms with E-state index in [1.54, 1.807) is 6.07 Å². The van der Waals surface area contributed by atoms with Crippen molar-refractivity contribution >= 4 is 5.91 Å². The standard InChI is InChI=1S/C13H18N2O2/c1-13(2)6-11(13)12(17)14-7-9-4-3-5-10(8-16)15-9/h3-5,11,16H,6-8H2,1-2H3,(H,14,17)/t11-/m1/s1. The average Bonchev–Trinajstić information content (AvgIpc) is 2.96. The lowest BCUT2D eigenvalue weighted by Gasteiger charge is -2.06. The SMILES string of the molecule is CC1(C)C[C@@H]1C(=O)NCc1cccc(CO)n1. The molecule has 0 spiro atoms. The topological polar surface area (TPSA) is 62.2 Å². The van der Waals surface area contributed by atoms with Crippen LogP contribution in [0.15, 0.2) is 18.2 Å². The number of hydrogen-bond donors (Lipinski definition) is 2. The number of nitrogens with one attached hydrogen (secondary N) is 1. The van der Waals surface area contributed by atoms with Gasteiger partial charge in [0.25, 0.3) is 0 Å². The van der Waals surface area contributed by atoms with Crippen molar-refractivity contribution in [1.82, 2.24) is 10.3 Å². The second-order valence-corrected chi connectivity index (χ2v) is 5.24. The van der Waals surface area contributed by atoms with Crippen LogP contribution in [-0.4, -0.2) is 16.0 Å². The molecule has 2 rings (SSSR count). The Bertz CT molecular complexity index is 429. The number of hydrogen-bond acceptors (Lipinski definition) is 3. The van der Waals surface area contributed by atoms with Gasteiger partial charge in [-0.25, -0.2) is 0 Å². The predicted molar refractivity (Wildman–Crippen MR) is 63.9 cm³/mol. The average molecular weight is 234 g/mol. The van der Waals surface area contributed by atoms with Crippen molar-refractivity contribution in [3.8, 4) is 0 Å². The van der Waals surface area contributed by atoms with E-state index in [9.17, 15) is 4.79 Å². The van der Waals surface area contributed by atoms with Crippen molar-refractivity contribution < 1.29 is 9.90 Å². The zero-order chi connectivity index (χ0) is 12.5. The third-order valence-corrected chi connectivity index (χ3v) is 3.30. The van der Waals surface area contributed by atoms with Crippen LogP contribution in [0.2, 0.25) is 0 Å². The Balaban J connectivity index is 1.87. The molecule has 0 radical (unpaired) electrons. The molecule has 1 fully saturated rings. The summed E-state index contributed by atoms with van der Waals surface area (Å²) < 4.78 is 0. The molecule has 1 amide bonds. The number of rotatable bonds is 4. The molecule has 0 aliphatic heterocycles. The van der Waals surface area contributed by atoms with Gasteiger partial charge in [0.05, 0.1) is 24.5 Å². The summed E-state index contributed by atoms with van der Waals surface area (Å²) in [6, 6.07) is 5.44. The van der Waals surface area contributed by atoms with Crippen LogP contribution in [0.4, 0.5) is 0 Å². The molecule has 1 atom stereocenters. The molecule has 1 heterocycles. The monoisotopic (exact) mass is 234 g/mol. The van der Waals surface area contributed by atoms with Gasteiger partial charge < -0.3 is 10.4 Å².